The maximum Gasteiger partial charge on any atom is 0.337 e. The van der Waals surface area contributed by atoms with Gasteiger partial charge in [0.2, 0.25) is 0 Å². The Labute approximate surface area is 149 Å². The number of carbonyl (C=O) groups excluding carboxylic acids is 1. The lowest BCUT2D eigenvalue weighted by molar-refractivity contribution is 0.0696. The van der Waals surface area contributed by atoms with E-state index in [1.165, 1.54) is 12.3 Å². The van der Waals surface area contributed by atoms with Crippen molar-refractivity contribution in [3.05, 3.63) is 40.8 Å². The molecule has 0 bridgehead atoms. The summed E-state index contributed by atoms with van der Waals surface area (Å²) in [5.41, 5.74) is 0.436. The maximum absolute atomic E-state index is 11.7. The number of aromatic carboxylic acids is 1. The molecule has 0 radical (unpaired) electrons. The number of nitrogens with zero attached hydrogens (tertiary/aromatic N) is 4. The van der Waals surface area contributed by atoms with Crippen molar-refractivity contribution in [1.29, 1.82) is 0 Å². The molecule has 8 nitrogen and oxygen atoms in total. The Kier molecular flexibility index (Phi) is 4.89. The summed E-state index contributed by atoms with van der Waals surface area (Å²) in [5.74, 6) is -0.717. The number of halogens is 1. The van der Waals surface area contributed by atoms with Crippen LogP contribution in [0.2, 0.25) is 5.02 Å². The topological polar surface area (TPSA) is 100 Å². The molecule has 0 spiro atoms. The third kappa shape index (κ3) is 3.58. The normalized spacial score (nSPS) is 17.4. The molecule has 0 saturated carbocycles. The Hall–Kier alpha value is -2.61. The molecule has 132 valence electrons. The number of rotatable bonds is 4. The van der Waals surface area contributed by atoms with Gasteiger partial charge in [-0.3, -0.25) is 9.48 Å². The van der Waals surface area contributed by atoms with Crippen LogP contribution >= 0.6 is 11.6 Å². The number of aromatic nitrogens is 3. The standard InChI is InChI=1S/C16H18ClN5O3/c1-18-15(23)13-4-6-22(20-13)11-3-2-5-21(9-11)14-12(17)7-10(8-19-14)16(24)25/h4,6-8,11H,2-3,5,9H2,1H3,(H,18,23)(H,24,25). The number of carboxylic acids is 1. The second-order valence-corrected chi connectivity index (χ2v) is 6.24. The second-order valence-electron chi connectivity index (χ2n) is 5.84. The molecule has 3 rings (SSSR count). The Balaban J connectivity index is 1.78. The van der Waals surface area contributed by atoms with Gasteiger partial charge in [0.15, 0.2) is 0 Å². The minimum Gasteiger partial charge on any atom is -0.478 e. The molecule has 3 heterocycles. The summed E-state index contributed by atoms with van der Waals surface area (Å²) in [5, 5.41) is 16.2. The molecule has 2 aromatic rings. The molecule has 0 aliphatic carbocycles. The van der Waals surface area contributed by atoms with E-state index in [4.69, 9.17) is 16.7 Å². The first kappa shape index (κ1) is 17.2. The fourth-order valence-corrected chi connectivity index (χ4v) is 3.22. The van der Waals surface area contributed by atoms with Gasteiger partial charge < -0.3 is 15.3 Å². The third-order valence-corrected chi connectivity index (χ3v) is 4.49. The fraction of sp³-hybridized carbons (Fsp3) is 0.375. The number of amides is 1. The Morgan fingerprint density at radius 1 is 1.44 bits per heavy atom. The number of anilines is 1. The van der Waals surface area contributed by atoms with Crippen molar-refractivity contribution < 1.29 is 14.7 Å². The van der Waals surface area contributed by atoms with Crippen LogP contribution in [0.25, 0.3) is 0 Å². The number of carbonyl (C=O) groups is 2. The monoisotopic (exact) mass is 363 g/mol. The second kappa shape index (κ2) is 7.10. The first-order valence-electron chi connectivity index (χ1n) is 7.90. The van der Waals surface area contributed by atoms with E-state index in [9.17, 15) is 9.59 Å². The van der Waals surface area contributed by atoms with Gasteiger partial charge >= 0.3 is 5.97 Å². The SMILES string of the molecule is CNC(=O)c1ccn(C2CCCN(c3ncc(C(=O)O)cc3Cl)C2)n1. The van der Waals surface area contributed by atoms with E-state index in [1.54, 1.807) is 24.0 Å². The summed E-state index contributed by atoms with van der Waals surface area (Å²) in [6, 6.07) is 3.18. The summed E-state index contributed by atoms with van der Waals surface area (Å²) in [6.07, 6.45) is 4.95. The Morgan fingerprint density at radius 2 is 2.24 bits per heavy atom. The highest BCUT2D eigenvalue weighted by Crippen LogP contribution is 2.30. The highest BCUT2D eigenvalue weighted by atomic mass is 35.5. The zero-order valence-corrected chi connectivity index (χ0v) is 14.4. The molecule has 1 atom stereocenters. The van der Waals surface area contributed by atoms with Crippen LogP contribution in [0.4, 0.5) is 5.82 Å². The Bertz CT molecular complexity index is 807. The van der Waals surface area contributed by atoms with E-state index >= 15 is 0 Å². The van der Waals surface area contributed by atoms with Crippen molar-refractivity contribution in [1.82, 2.24) is 20.1 Å². The minimum atomic E-state index is -1.06. The van der Waals surface area contributed by atoms with E-state index in [0.717, 1.165) is 19.4 Å². The van der Waals surface area contributed by atoms with Crippen molar-refractivity contribution in [2.24, 2.45) is 0 Å². The lowest BCUT2D eigenvalue weighted by Crippen LogP contribution is -2.37. The highest BCUT2D eigenvalue weighted by Gasteiger charge is 2.25. The van der Waals surface area contributed by atoms with Gasteiger partial charge in [0, 0.05) is 32.5 Å². The highest BCUT2D eigenvalue weighted by molar-refractivity contribution is 6.33. The average Bonchev–Trinajstić information content (AvgIpc) is 3.11. The van der Waals surface area contributed by atoms with Crippen LogP contribution in [0.15, 0.2) is 24.5 Å². The van der Waals surface area contributed by atoms with Crippen LogP contribution in [-0.4, -0.2) is 51.9 Å². The largest absolute Gasteiger partial charge is 0.478 e. The van der Waals surface area contributed by atoms with E-state index in [1.807, 2.05) is 4.90 Å². The zero-order valence-electron chi connectivity index (χ0n) is 13.6. The van der Waals surface area contributed by atoms with E-state index in [0.29, 0.717) is 23.1 Å². The van der Waals surface area contributed by atoms with Crippen LogP contribution in [0.5, 0.6) is 0 Å². The van der Waals surface area contributed by atoms with Gasteiger partial charge in [-0.25, -0.2) is 9.78 Å². The number of piperidine rings is 1. The van der Waals surface area contributed by atoms with Gasteiger partial charge in [0.1, 0.15) is 11.5 Å². The minimum absolute atomic E-state index is 0.0598. The van der Waals surface area contributed by atoms with E-state index in [-0.39, 0.29) is 17.5 Å². The van der Waals surface area contributed by atoms with Crippen LogP contribution in [-0.2, 0) is 0 Å². The molecule has 0 aromatic carbocycles. The van der Waals surface area contributed by atoms with Gasteiger partial charge in [0.25, 0.3) is 5.91 Å². The fourth-order valence-electron chi connectivity index (χ4n) is 2.93. The van der Waals surface area contributed by atoms with Crippen molar-refractivity contribution in [3.63, 3.8) is 0 Å². The molecule has 2 N–H and O–H groups in total. The molecule has 1 aliphatic heterocycles. The first-order valence-corrected chi connectivity index (χ1v) is 8.28. The van der Waals surface area contributed by atoms with Crippen LogP contribution in [0, 0.1) is 0 Å². The zero-order chi connectivity index (χ0) is 18.0. The third-order valence-electron chi connectivity index (χ3n) is 4.21. The smallest absolute Gasteiger partial charge is 0.337 e. The first-order chi connectivity index (χ1) is 12.0. The molecule has 1 amide bonds. The number of nitrogens with one attached hydrogen (secondary N) is 1. The molecule has 1 unspecified atom stereocenters. The lowest BCUT2D eigenvalue weighted by Gasteiger charge is -2.34. The average molecular weight is 364 g/mol. The van der Waals surface area contributed by atoms with Gasteiger partial charge in [-0.1, -0.05) is 11.6 Å². The Morgan fingerprint density at radius 3 is 2.92 bits per heavy atom. The van der Waals surface area contributed by atoms with Crippen LogP contribution < -0.4 is 10.2 Å². The van der Waals surface area contributed by atoms with Gasteiger partial charge in [-0.15, -0.1) is 0 Å². The summed E-state index contributed by atoms with van der Waals surface area (Å²) in [7, 11) is 1.57. The van der Waals surface area contributed by atoms with Crippen LogP contribution in [0.1, 0.15) is 39.7 Å². The molecule has 25 heavy (non-hydrogen) atoms. The molecular weight excluding hydrogens is 346 g/mol. The van der Waals surface area contributed by atoms with E-state index < -0.39 is 5.97 Å². The van der Waals surface area contributed by atoms with Crippen molar-refractivity contribution >= 4 is 29.3 Å². The van der Waals surface area contributed by atoms with Crippen molar-refractivity contribution in [2.75, 3.05) is 25.0 Å². The summed E-state index contributed by atoms with van der Waals surface area (Å²) >= 11 is 6.22. The van der Waals surface area contributed by atoms with Crippen LogP contribution in [0.3, 0.4) is 0 Å². The van der Waals surface area contributed by atoms with Crippen molar-refractivity contribution in [2.45, 2.75) is 18.9 Å². The van der Waals surface area contributed by atoms with Gasteiger partial charge in [0.05, 0.1) is 16.6 Å². The van der Waals surface area contributed by atoms with Crippen molar-refractivity contribution in [3.8, 4) is 0 Å². The number of hydrogen-bond acceptors (Lipinski definition) is 5. The predicted molar refractivity (Wildman–Crippen MR) is 92.3 cm³/mol. The molecule has 2 aromatic heterocycles. The molecule has 1 fully saturated rings. The number of hydrogen-bond donors (Lipinski definition) is 2. The summed E-state index contributed by atoms with van der Waals surface area (Å²) in [4.78, 5) is 28.9. The van der Waals surface area contributed by atoms with Gasteiger partial charge in [-0.2, -0.15) is 5.10 Å². The quantitative estimate of drug-likeness (QED) is 0.859. The molecule has 1 aliphatic rings. The number of pyridine rings is 1. The van der Waals surface area contributed by atoms with E-state index in [2.05, 4.69) is 15.4 Å². The van der Waals surface area contributed by atoms with Gasteiger partial charge in [-0.05, 0) is 25.0 Å². The summed E-state index contributed by atoms with van der Waals surface area (Å²) < 4.78 is 1.79. The maximum atomic E-state index is 11.7. The lowest BCUT2D eigenvalue weighted by atomic mass is 10.1. The summed E-state index contributed by atoms with van der Waals surface area (Å²) in [6.45, 7) is 1.41. The molecular formula is C16H18ClN5O3. The predicted octanol–water partition coefficient (Wildman–Crippen LogP) is 1.83. The molecule has 9 heteroatoms. The molecule has 1 saturated heterocycles. The number of carboxylic acid groups (broad SMARTS) is 1.